The maximum atomic E-state index is 13.2. The lowest BCUT2D eigenvalue weighted by molar-refractivity contribution is -0.125. The molecule has 3 heterocycles. The van der Waals surface area contributed by atoms with Crippen LogP contribution in [0.4, 0.5) is 10.7 Å². The number of imide groups is 1. The summed E-state index contributed by atoms with van der Waals surface area (Å²) in [4.78, 5) is 35.5. The van der Waals surface area contributed by atoms with E-state index in [1.54, 1.807) is 86.8 Å². The zero-order valence-corrected chi connectivity index (χ0v) is 22.7. The van der Waals surface area contributed by atoms with E-state index in [2.05, 4.69) is 20.6 Å². The smallest absolute Gasteiger partial charge is 0.325 e. The molecule has 1 saturated heterocycles. The van der Waals surface area contributed by atoms with Gasteiger partial charge in [0.15, 0.2) is 0 Å². The first-order valence-corrected chi connectivity index (χ1v) is 14.3. The van der Waals surface area contributed by atoms with Crippen molar-refractivity contribution >= 4 is 39.1 Å². The maximum Gasteiger partial charge on any atom is 0.325 e. The Hall–Kier alpha value is -4.29. The molecule has 0 radical (unpaired) electrons. The van der Waals surface area contributed by atoms with Crippen molar-refractivity contribution in [2.75, 3.05) is 18.4 Å². The number of hydrogen-bond donors (Lipinski definition) is 3. The molecule has 0 unspecified atom stereocenters. The molecular weight excluding hydrogens is 538 g/mol. The molecule has 0 bridgehead atoms. The van der Waals surface area contributed by atoms with Crippen molar-refractivity contribution in [3.8, 4) is 27.4 Å². The van der Waals surface area contributed by atoms with Crippen molar-refractivity contribution in [3.63, 3.8) is 0 Å². The van der Waals surface area contributed by atoms with Crippen molar-refractivity contribution in [3.05, 3.63) is 72.9 Å². The molecule has 1 fully saturated rings. The third-order valence-corrected chi connectivity index (χ3v) is 9.75. The fourth-order valence-electron chi connectivity index (χ4n) is 4.20. The van der Waals surface area contributed by atoms with E-state index in [0.717, 1.165) is 11.3 Å². The van der Waals surface area contributed by atoms with Gasteiger partial charge in [-0.15, -0.1) is 11.3 Å². The predicted molar refractivity (Wildman–Crippen MR) is 147 cm³/mol. The van der Waals surface area contributed by atoms with Gasteiger partial charge in [-0.25, -0.2) is 23.2 Å². The average molecular weight is 564 g/mol. The standard InChI is InChI=1S/C27H25N5O5S2/c1-27(2)24(34)31-26(35)32(27)14-13-28-25-29-16-20(17-7-6-8-18(33)15-17)23(30-25)21-11-12-22(38-21)39(36,37)19-9-4-3-5-10-19/h3-12,15-16,33H,13-14H2,1-2H3,(H,28,29,30)(H,31,34,35). The van der Waals surface area contributed by atoms with E-state index in [1.807, 2.05) is 0 Å². The lowest BCUT2D eigenvalue weighted by Crippen LogP contribution is -2.46. The minimum Gasteiger partial charge on any atom is -0.508 e. The number of benzene rings is 2. The van der Waals surface area contributed by atoms with Crippen molar-refractivity contribution in [1.29, 1.82) is 0 Å². The summed E-state index contributed by atoms with van der Waals surface area (Å²) in [6.07, 6.45) is 1.60. The fraction of sp³-hybridized carbons (Fsp3) is 0.185. The number of aromatic hydroxyl groups is 1. The number of nitrogens with one attached hydrogen (secondary N) is 2. The summed E-state index contributed by atoms with van der Waals surface area (Å²) in [5.41, 5.74) is 0.771. The number of anilines is 1. The third-order valence-electron chi connectivity index (χ3n) is 6.39. The van der Waals surface area contributed by atoms with Gasteiger partial charge in [-0.1, -0.05) is 30.3 Å². The molecule has 12 heteroatoms. The number of carbonyl (C=O) groups excluding carboxylic acids is 2. The monoisotopic (exact) mass is 563 g/mol. The van der Waals surface area contributed by atoms with Gasteiger partial charge in [0, 0.05) is 24.8 Å². The van der Waals surface area contributed by atoms with Crippen LogP contribution in [0.5, 0.6) is 5.75 Å². The predicted octanol–water partition coefficient (Wildman–Crippen LogP) is 4.15. The second kappa shape index (κ2) is 10.1. The maximum absolute atomic E-state index is 13.2. The van der Waals surface area contributed by atoms with Crippen LogP contribution >= 0.6 is 11.3 Å². The molecule has 200 valence electrons. The Morgan fingerprint density at radius 1 is 1.05 bits per heavy atom. The highest BCUT2D eigenvalue weighted by atomic mass is 32.2. The van der Waals surface area contributed by atoms with Crippen LogP contribution in [-0.2, 0) is 14.6 Å². The van der Waals surface area contributed by atoms with E-state index < -0.39 is 21.4 Å². The molecule has 0 saturated carbocycles. The topological polar surface area (TPSA) is 142 Å². The zero-order chi connectivity index (χ0) is 27.8. The van der Waals surface area contributed by atoms with Crippen molar-refractivity contribution in [2.24, 2.45) is 0 Å². The SMILES string of the molecule is CC1(C)C(=O)NC(=O)N1CCNc1ncc(-c2cccc(O)c2)c(-c2ccc(S(=O)(=O)c3ccccc3)s2)n1. The van der Waals surface area contributed by atoms with Crippen LogP contribution in [0.1, 0.15) is 13.8 Å². The number of amides is 3. The number of hydrogen-bond acceptors (Lipinski definition) is 9. The minimum absolute atomic E-state index is 0.0697. The molecular formula is C27H25N5O5S2. The number of thiophene rings is 1. The summed E-state index contributed by atoms with van der Waals surface area (Å²) >= 11 is 1.09. The molecule has 0 atom stereocenters. The van der Waals surface area contributed by atoms with Crippen molar-refractivity contribution < 1.29 is 23.1 Å². The second-order valence-corrected chi connectivity index (χ2v) is 12.6. The summed E-state index contributed by atoms with van der Waals surface area (Å²) in [6.45, 7) is 3.84. The van der Waals surface area contributed by atoms with Crippen molar-refractivity contribution in [1.82, 2.24) is 20.2 Å². The van der Waals surface area contributed by atoms with Gasteiger partial charge in [-0.05, 0) is 55.8 Å². The number of urea groups is 1. The van der Waals surface area contributed by atoms with Crippen molar-refractivity contribution in [2.45, 2.75) is 28.5 Å². The number of rotatable bonds is 8. The Bertz CT molecular complexity index is 1670. The number of phenolic OH excluding ortho intramolecular Hbond substituents is 1. The first kappa shape index (κ1) is 26.3. The van der Waals surface area contributed by atoms with E-state index in [1.165, 1.54) is 4.90 Å². The van der Waals surface area contributed by atoms with E-state index >= 15 is 0 Å². The highest BCUT2D eigenvalue weighted by Gasteiger charge is 2.45. The van der Waals surface area contributed by atoms with Crippen LogP contribution in [0, 0.1) is 0 Å². The van der Waals surface area contributed by atoms with E-state index in [0.29, 0.717) is 21.7 Å². The Morgan fingerprint density at radius 2 is 1.82 bits per heavy atom. The third kappa shape index (κ3) is 5.08. The summed E-state index contributed by atoms with van der Waals surface area (Å²) in [6, 6.07) is 17.6. The molecule has 0 spiro atoms. The van der Waals surface area contributed by atoms with Gasteiger partial charge < -0.3 is 15.3 Å². The molecule has 3 amide bonds. The van der Waals surface area contributed by atoms with Crippen LogP contribution in [0.25, 0.3) is 21.7 Å². The minimum atomic E-state index is -3.72. The molecule has 1 aliphatic rings. The average Bonchev–Trinajstić information content (AvgIpc) is 3.49. The largest absolute Gasteiger partial charge is 0.508 e. The van der Waals surface area contributed by atoms with Crippen LogP contribution in [0.3, 0.4) is 0 Å². The number of phenols is 1. The van der Waals surface area contributed by atoms with E-state index in [4.69, 9.17) is 0 Å². The lowest BCUT2D eigenvalue weighted by Gasteiger charge is -2.27. The quantitative estimate of drug-likeness (QED) is 0.272. The summed E-state index contributed by atoms with van der Waals surface area (Å²) in [5, 5.41) is 15.4. The highest BCUT2D eigenvalue weighted by Crippen LogP contribution is 2.38. The van der Waals surface area contributed by atoms with Gasteiger partial charge in [0.1, 0.15) is 15.5 Å². The number of nitrogens with zero attached hydrogens (tertiary/aromatic N) is 3. The van der Waals surface area contributed by atoms with Gasteiger partial charge in [-0.3, -0.25) is 10.1 Å². The molecule has 1 aliphatic heterocycles. The summed E-state index contributed by atoms with van der Waals surface area (Å²) in [7, 11) is -3.72. The normalized spacial score (nSPS) is 14.9. The molecule has 5 rings (SSSR count). The van der Waals surface area contributed by atoms with Gasteiger partial charge in [0.25, 0.3) is 5.91 Å². The molecule has 39 heavy (non-hydrogen) atoms. The van der Waals surface area contributed by atoms with Crippen LogP contribution in [-0.4, -0.2) is 59.0 Å². The van der Waals surface area contributed by atoms with Crippen LogP contribution in [0.2, 0.25) is 0 Å². The summed E-state index contributed by atoms with van der Waals surface area (Å²) in [5.74, 6) is -0.0285. The molecule has 2 aromatic heterocycles. The zero-order valence-electron chi connectivity index (χ0n) is 21.1. The molecule has 10 nitrogen and oxygen atoms in total. The first-order valence-electron chi connectivity index (χ1n) is 12.0. The number of carbonyl (C=O) groups is 2. The highest BCUT2D eigenvalue weighted by molar-refractivity contribution is 7.93. The van der Waals surface area contributed by atoms with E-state index in [-0.39, 0.29) is 39.8 Å². The number of aromatic nitrogens is 2. The fourth-order valence-corrected chi connectivity index (χ4v) is 6.93. The summed E-state index contributed by atoms with van der Waals surface area (Å²) < 4.78 is 26.5. The van der Waals surface area contributed by atoms with Gasteiger partial charge >= 0.3 is 6.03 Å². The van der Waals surface area contributed by atoms with Crippen LogP contribution < -0.4 is 10.6 Å². The molecule has 4 aromatic rings. The van der Waals surface area contributed by atoms with Gasteiger partial charge in [0.05, 0.1) is 15.5 Å². The Kier molecular flexibility index (Phi) is 6.83. The number of sulfone groups is 1. The van der Waals surface area contributed by atoms with E-state index in [9.17, 15) is 23.1 Å². The second-order valence-electron chi connectivity index (χ2n) is 9.34. The lowest BCUT2D eigenvalue weighted by atomic mass is 10.0. The molecule has 0 aliphatic carbocycles. The Balaban J connectivity index is 1.47. The first-order chi connectivity index (χ1) is 18.6. The Morgan fingerprint density at radius 3 is 2.51 bits per heavy atom. The van der Waals surface area contributed by atoms with Crippen LogP contribution in [0.15, 0.2) is 82.0 Å². The molecule has 3 N–H and O–H groups in total. The Labute approximate surface area is 229 Å². The van der Waals surface area contributed by atoms with Gasteiger partial charge in [0.2, 0.25) is 15.8 Å². The molecule has 2 aromatic carbocycles. The van der Waals surface area contributed by atoms with Gasteiger partial charge in [-0.2, -0.15) is 0 Å².